The van der Waals surface area contributed by atoms with Gasteiger partial charge in [0.05, 0.1) is 10.8 Å². The average molecular weight is 305 g/mol. The highest BCUT2D eigenvalue weighted by molar-refractivity contribution is 6.17. The lowest BCUT2D eigenvalue weighted by Gasteiger charge is -2.21. The summed E-state index contributed by atoms with van der Waals surface area (Å²) in [4.78, 5) is 12.6. The molecule has 110 valence electrons. The van der Waals surface area contributed by atoms with E-state index >= 15 is 0 Å². The number of alkyl halides is 1. The highest BCUT2D eigenvalue weighted by Crippen LogP contribution is 2.27. The maximum absolute atomic E-state index is 10.9. The molecule has 21 heavy (non-hydrogen) atoms. The van der Waals surface area contributed by atoms with Crippen molar-refractivity contribution in [1.29, 1.82) is 0 Å². The second-order valence-corrected chi connectivity index (χ2v) is 5.25. The molecule has 0 heterocycles. The molecule has 0 unspecified atom stereocenters. The molecule has 0 amide bonds. The summed E-state index contributed by atoms with van der Waals surface area (Å²) in [5.74, 6) is 0.127. The van der Waals surface area contributed by atoms with Gasteiger partial charge < -0.3 is 4.90 Å². The first-order valence-corrected chi connectivity index (χ1v) is 7.15. The van der Waals surface area contributed by atoms with Gasteiger partial charge >= 0.3 is 0 Å². The lowest BCUT2D eigenvalue weighted by Crippen LogP contribution is -2.17. The van der Waals surface area contributed by atoms with Crippen LogP contribution in [-0.2, 0) is 12.4 Å². The molecule has 0 bridgehead atoms. The number of nitro benzene ring substituents is 1. The molecule has 0 atom stereocenters. The van der Waals surface area contributed by atoms with Crippen LogP contribution in [0, 0.1) is 17.0 Å². The van der Waals surface area contributed by atoms with E-state index in [0.29, 0.717) is 5.56 Å². The fourth-order valence-corrected chi connectivity index (χ4v) is 2.44. The lowest BCUT2D eigenvalue weighted by molar-refractivity contribution is -0.385. The second-order valence-electron chi connectivity index (χ2n) is 4.99. The Morgan fingerprint density at radius 3 is 2.52 bits per heavy atom. The normalized spacial score (nSPS) is 10.4. The fraction of sp³-hybridized carbons (Fsp3) is 0.250. The van der Waals surface area contributed by atoms with Crippen LogP contribution in [-0.4, -0.2) is 12.0 Å². The van der Waals surface area contributed by atoms with E-state index in [1.165, 1.54) is 17.2 Å². The van der Waals surface area contributed by atoms with Crippen LogP contribution >= 0.6 is 11.6 Å². The number of benzene rings is 2. The van der Waals surface area contributed by atoms with Gasteiger partial charge in [0.2, 0.25) is 0 Å². The summed E-state index contributed by atoms with van der Waals surface area (Å²) in [5, 5.41) is 10.9. The minimum absolute atomic E-state index is 0.0676. The highest BCUT2D eigenvalue weighted by atomic mass is 35.5. The van der Waals surface area contributed by atoms with Gasteiger partial charge in [0, 0.05) is 30.9 Å². The maximum Gasteiger partial charge on any atom is 0.273 e. The van der Waals surface area contributed by atoms with E-state index < -0.39 is 4.92 Å². The summed E-state index contributed by atoms with van der Waals surface area (Å²) in [7, 11) is 1.96. The van der Waals surface area contributed by atoms with E-state index in [9.17, 15) is 10.1 Å². The minimum atomic E-state index is -0.400. The number of hydrogen-bond donors (Lipinski definition) is 0. The Bertz CT molecular complexity index is 658. The van der Waals surface area contributed by atoms with Gasteiger partial charge in [0.1, 0.15) is 0 Å². The molecule has 5 heteroatoms. The van der Waals surface area contributed by atoms with Gasteiger partial charge in [-0.05, 0) is 30.2 Å². The van der Waals surface area contributed by atoms with Crippen molar-refractivity contribution < 1.29 is 4.92 Å². The van der Waals surface area contributed by atoms with Crippen molar-refractivity contribution >= 4 is 23.0 Å². The molecule has 2 aromatic rings. The van der Waals surface area contributed by atoms with Crippen LogP contribution in [0.4, 0.5) is 11.4 Å². The second kappa shape index (κ2) is 6.59. The van der Waals surface area contributed by atoms with E-state index in [4.69, 9.17) is 11.6 Å². The van der Waals surface area contributed by atoms with Crippen molar-refractivity contribution in [3.63, 3.8) is 0 Å². The third kappa shape index (κ3) is 3.52. The van der Waals surface area contributed by atoms with E-state index in [2.05, 4.69) is 24.0 Å². The lowest BCUT2D eigenvalue weighted by atomic mass is 10.1. The summed E-state index contributed by atoms with van der Waals surface area (Å²) in [6.45, 7) is 2.81. The smallest absolute Gasteiger partial charge is 0.273 e. The molecule has 0 aliphatic heterocycles. The van der Waals surface area contributed by atoms with Crippen LogP contribution < -0.4 is 4.90 Å². The summed E-state index contributed by atoms with van der Waals surface area (Å²) >= 11 is 5.82. The fourth-order valence-electron chi connectivity index (χ4n) is 2.23. The molecule has 0 fully saturated rings. The average Bonchev–Trinajstić information content (AvgIpc) is 2.48. The quantitative estimate of drug-likeness (QED) is 0.470. The molecular formula is C16H17ClN2O2. The van der Waals surface area contributed by atoms with Crippen molar-refractivity contribution in [2.45, 2.75) is 19.3 Å². The predicted molar refractivity (Wildman–Crippen MR) is 85.9 cm³/mol. The third-order valence-corrected chi connectivity index (χ3v) is 3.80. The first kappa shape index (κ1) is 15.3. The minimum Gasteiger partial charge on any atom is -0.370 e. The van der Waals surface area contributed by atoms with Crippen LogP contribution in [0.3, 0.4) is 0 Å². The van der Waals surface area contributed by atoms with Gasteiger partial charge in [0.25, 0.3) is 5.69 Å². The molecule has 4 nitrogen and oxygen atoms in total. The molecule has 0 aliphatic carbocycles. The molecule has 2 aromatic carbocycles. The first-order valence-electron chi connectivity index (χ1n) is 6.62. The van der Waals surface area contributed by atoms with Gasteiger partial charge in [-0.2, -0.15) is 0 Å². The maximum atomic E-state index is 10.9. The van der Waals surface area contributed by atoms with Crippen LogP contribution in [0.15, 0.2) is 42.5 Å². The van der Waals surface area contributed by atoms with Crippen LogP contribution in [0.1, 0.15) is 16.7 Å². The number of rotatable bonds is 5. The van der Waals surface area contributed by atoms with E-state index in [1.807, 2.05) is 19.2 Å². The molecule has 0 aromatic heterocycles. The summed E-state index contributed by atoms with van der Waals surface area (Å²) < 4.78 is 0. The predicted octanol–water partition coefficient (Wildman–Crippen LogP) is 4.28. The number of hydrogen-bond acceptors (Lipinski definition) is 3. The van der Waals surface area contributed by atoms with E-state index in [1.54, 1.807) is 12.1 Å². The molecule has 0 spiro atoms. The monoisotopic (exact) mass is 304 g/mol. The van der Waals surface area contributed by atoms with Crippen LogP contribution in [0.5, 0.6) is 0 Å². The largest absolute Gasteiger partial charge is 0.370 e. The number of halogens is 1. The Morgan fingerprint density at radius 1 is 1.19 bits per heavy atom. The van der Waals surface area contributed by atoms with Crippen molar-refractivity contribution in [3.05, 3.63) is 69.3 Å². The van der Waals surface area contributed by atoms with Crippen molar-refractivity contribution in [1.82, 2.24) is 0 Å². The molecule has 0 saturated heterocycles. The Hall–Kier alpha value is -2.07. The van der Waals surface area contributed by atoms with Gasteiger partial charge in [-0.25, -0.2) is 0 Å². The highest BCUT2D eigenvalue weighted by Gasteiger charge is 2.14. The van der Waals surface area contributed by atoms with Crippen molar-refractivity contribution in [2.75, 3.05) is 11.9 Å². The van der Waals surface area contributed by atoms with Gasteiger partial charge in [-0.1, -0.05) is 24.3 Å². The van der Waals surface area contributed by atoms with E-state index in [-0.39, 0.29) is 11.6 Å². The summed E-state index contributed by atoms with van der Waals surface area (Å²) in [5.41, 5.74) is 3.97. The number of nitrogens with zero attached hydrogens (tertiary/aromatic N) is 2. The standard InChI is InChI=1S/C16H17ClN2O2/c1-12-5-3-4-6-13(12)11-18(2)15-7-8-16(19(20)21)14(9-15)10-17/h3-9H,10-11H2,1-2H3. The first-order chi connectivity index (χ1) is 10.0. The zero-order chi connectivity index (χ0) is 15.4. The summed E-state index contributed by atoms with van der Waals surface area (Å²) in [6.07, 6.45) is 0. The molecular weight excluding hydrogens is 288 g/mol. The van der Waals surface area contributed by atoms with Gasteiger partial charge in [-0.15, -0.1) is 11.6 Å². The Morgan fingerprint density at radius 2 is 1.90 bits per heavy atom. The zero-order valence-corrected chi connectivity index (χ0v) is 12.8. The number of aryl methyl sites for hydroxylation is 1. The topological polar surface area (TPSA) is 46.4 Å². The number of nitro groups is 1. The molecule has 2 rings (SSSR count). The van der Waals surface area contributed by atoms with Crippen molar-refractivity contribution in [2.24, 2.45) is 0 Å². The number of anilines is 1. The van der Waals surface area contributed by atoms with Crippen LogP contribution in [0.2, 0.25) is 0 Å². The Labute approximate surface area is 129 Å². The zero-order valence-electron chi connectivity index (χ0n) is 12.0. The Balaban J connectivity index is 2.25. The van der Waals surface area contributed by atoms with E-state index in [0.717, 1.165) is 12.2 Å². The molecule has 0 N–H and O–H groups in total. The van der Waals surface area contributed by atoms with Gasteiger partial charge in [-0.3, -0.25) is 10.1 Å². The van der Waals surface area contributed by atoms with Crippen LogP contribution in [0.25, 0.3) is 0 Å². The van der Waals surface area contributed by atoms with Crippen molar-refractivity contribution in [3.8, 4) is 0 Å². The SMILES string of the molecule is Cc1ccccc1CN(C)c1ccc([N+](=O)[O-])c(CCl)c1. The molecule has 0 radical (unpaired) electrons. The summed E-state index contributed by atoms with van der Waals surface area (Å²) in [6, 6.07) is 13.2. The third-order valence-electron chi connectivity index (χ3n) is 3.51. The Kier molecular flexibility index (Phi) is 4.81. The molecule has 0 saturated carbocycles. The van der Waals surface area contributed by atoms with Gasteiger partial charge in [0.15, 0.2) is 0 Å². The molecule has 0 aliphatic rings.